The number of likely N-dealkylation sites (N-methyl/N-ethyl adjacent to an activating group) is 1. The summed E-state index contributed by atoms with van der Waals surface area (Å²) in [6.07, 6.45) is 0.206. The molecule has 2 aromatic rings. The topological polar surface area (TPSA) is 30.3 Å². The first-order valence-corrected chi connectivity index (χ1v) is 8.11. The summed E-state index contributed by atoms with van der Waals surface area (Å²) in [6, 6.07) is 6.22. The molecule has 0 bridgehead atoms. The van der Waals surface area contributed by atoms with Gasteiger partial charge in [-0.3, -0.25) is 4.90 Å². The van der Waals surface area contributed by atoms with Crippen LogP contribution in [0.3, 0.4) is 0 Å². The molecule has 2 heterocycles. The largest absolute Gasteiger partial charge is 0.374 e. The molecule has 3 rings (SSSR count). The van der Waals surface area contributed by atoms with Gasteiger partial charge in [0.05, 0.1) is 36.2 Å². The number of benzene rings is 1. The van der Waals surface area contributed by atoms with Crippen LogP contribution in [0.2, 0.25) is 0 Å². The van der Waals surface area contributed by atoms with Gasteiger partial charge in [-0.15, -0.1) is 11.6 Å². The van der Waals surface area contributed by atoms with E-state index in [-0.39, 0.29) is 6.10 Å². The van der Waals surface area contributed by atoms with E-state index in [1.165, 1.54) is 11.1 Å². The van der Waals surface area contributed by atoms with E-state index in [1.54, 1.807) is 0 Å². The zero-order valence-corrected chi connectivity index (χ0v) is 13.4. The van der Waals surface area contributed by atoms with Gasteiger partial charge in [-0.25, -0.2) is 4.98 Å². The maximum atomic E-state index is 6.09. The number of aromatic nitrogens is 2. The van der Waals surface area contributed by atoms with Crippen molar-refractivity contribution in [3.8, 4) is 0 Å². The zero-order chi connectivity index (χ0) is 14.8. The fourth-order valence-corrected chi connectivity index (χ4v) is 3.30. The molecule has 1 aromatic heterocycles. The van der Waals surface area contributed by atoms with E-state index in [2.05, 4.69) is 40.4 Å². The molecule has 1 atom stereocenters. The number of morpholine rings is 1. The van der Waals surface area contributed by atoms with Crippen molar-refractivity contribution in [3.63, 3.8) is 0 Å². The summed E-state index contributed by atoms with van der Waals surface area (Å²) in [5.74, 6) is 1.36. The second-order valence-corrected chi connectivity index (χ2v) is 5.87. The smallest absolute Gasteiger partial charge is 0.124 e. The third-order valence-corrected chi connectivity index (χ3v) is 4.46. The molecular formula is C16H22ClN3O. The lowest BCUT2D eigenvalue weighted by Gasteiger charge is -2.32. The Labute approximate surface area is 130 Å². The highest BCUT2D eigenvalue weighted by Gasteiger charge is 2.22. The van der Waals surface area contributed by atoms with Gasteiger partial charge in [0.1, 0.15) is 5.82 Å². The number of halogens is 1. The van der Waals surface area contributed by atoms with Gasteiger partial charge in [0.2, 0.25) is 0 Å². The van der Waals surface area contributed by atoms with Gasteiger partial charge in [0.15, 0.2) is 0 Å². The molecule has 1 fully saturated rings. The first-order valence-electron chi connectivity index (χ1n) is 7.57. The fourth-order valence-electron chi connectivity index (χ4n) is 3.09. The lowest BCUT2D eigenvalue weighted by atomic mass is 10.2. The quantitative estimate of drug-likeness (QED) is 0.814. The van der Waals surface area contributed by atoms with Crippen LogP contribution in [0.4, 0.5) is 0 Å². The van der Waals surface area contributed by atoms with Gasteiger partial charge in [0, 0.05) is 13.1 Å². The fraction of sp³-hybridized carbons (Fsp3) is 0.562. The predicted molar refractivity (Wildman–Crippen MR) is 85.9 cm³/mol. The molecular weight excluding hydrogens is 286 g/mol. The number of hydrogen-bond donors (Lipinski definition) is 0. The summed E-state index contributed by atoms with van der Waals surface area (Å²) in [6.45, 7) is 9.02. The molecule has 1 aliphatic heterocycles. The van der Waals surface area contributed by atoms with E-state index in [9.17, 15) is 0 Å². The van der Waals surface area contributed by atoms with Crippen LogP contribution in [-0.2, 0) is 17.2 Å². The van der Waals surface area contributed by atoms with Crippen molar-refractivity contribution in [1.29, 1.82) is 0 Å². The highest BCUT2D eigenvalue weighted by molar-refractivity contribution is 6.16. The third-order valence-electron chi connectivity index (χ3n) is 4.22. The molecule has 1 aliphatic rings. The van der Waals surface area contributed by atoms with Crippen LogP contribution in [0.5, 0.6) is 0 Å². The predicted octanol–water partition coefficient (Wildman–Crippen LogP) is 2.80. The Hall–Kier alpha value is -1.10. The molecule has 114 valence electrons. The van der Waals surface area contributed by atoms with Gasteiger partial charge >= 0.3 is 0 Å². The monoisotopic (exact) mass is 307 g/mol. The molecule has 4 nitrogen and oxygen atoms in total. The molecule has 1 saturated heterocycles. The molecule has 1 aromatic carbocycles. The van der Waals surface area contributed by atoms with E-state index in [4.69, 9.17) is 16.3 Å². The molecule has 0 amide bonds. The second kappa shape index (κ2) is 6.34. The van der Waals surface area contributed by atoms with Crippen LogP contribution < -0.4 is 0 Å². The van der Waals surface area contributed by atoms with E-state index in [0.29, 0.717) is 5.88 Å². The minimum atomic E-state index is 0.206. The standard InChI is InChI=1S/C16H22ClN3O/c1-3-19-7-8-21-13(10-19)11-20-15(9-17)18-14-6-4-5-12(2)16(14)20/h4-6,13H,3,7-11H2,1-2H3. The molecule has 0 aliphatic carbocycles. The lowest BCUT2D eigenvalue weighted by Crippen LogP contribution is -2.44. The summed E-state index contributed by atoms with van der Waals surface area (Å²) in [5, 5.41) is 0. The second-order valence-electron chi connectivity index (χ2n) is 5.60. The van der Waals surface area contributed by atoms with Crippen molar-refractivity contribution in [2.45, 2.75) is 32.4 Å². The highest BCUT2D eigenvalue weighted by atomic mass is 35.5. The van der Waals surface area contributed by atoms with Gasteiger partial charge in [-0.05, 0) is 25.1 Å². The Morgan fingerprint density at radius 1 is 1.43 bits per heavy atom. The van der Waals surface area contributed by atoms with Crippen LogP contribution in [0, 0.1) is 6.92 Å². The number of aryl methyl sites for hydroxylation is 1. The number of alkyl halides is 1. The minimum absolute atomic E-state index is 0.206. The zero-order valence-electron chi connectivity index (χ0n) is 12.7. The van der Waals surface area contributed by atoms with Crippen LogP contribution in [0.1, 0.15) is 18.3 Å². The van der Waals surface area contributed by atoms with E-state index in [1.807, 2.05) is 6.07 Å². The molecule has 0 N–H and O–H groups in total. The van der Waals surface area contributed by atoms with E-state index >= 15 is 0 Å². The number of hydrogen-bond acceptors (Lipinski definition) is 3. The molecule has 0 radical (unpaired) electrons. The van der Waals surface area contributed by atoms with Crippen molar-refractivity contribution in [2.24, 2.45) is 0 Å². The number of ether oxygens (including phenoxy) is 1. The maximum absolute atomic E-state index is 6.09. The Bertz CT molecular complexity index is 625. The Morgan fingerprint density at radius 2 is 2.29 bits per heavy atom. The summed E-state index contributed by atoms with van der Waals surface area (Å²) < 4.78 is 8.18. The minimum Gasteiger partial charge on any atom is -0.374 e. The van der Waals surface area contributed by atoms with E-state index < -0.39 is 0 Å². The first-order chi connectivity index (χ1) is 10.2. The number of nitrogens with zero attached hydrogens (tertiary/aromatic N) is 3. The van der Waals surface area contributed by atoms with Gasteiger partial charge < -0.3 is 9.30 Å². The average molecular weight is 308 g/mol. The van der Waals surface area contributed by atoms with Gasteiger partial charge in [-0.2, -0.15) is 0 Å². The maximum Gasteiger partial charge on any atom is 0.124 e. The summed E-state index contributed by atoms with van der Waals surface area (Å²) in [7, 11) is 0. The Morgan fingerprint density at radius 3 is 3.05 bits per heavy atom. The molecule has 21 heavy (non-hydrogen) atoms. The number of fused-ring (bicyclic) bond motifs is 1. The van der Waals surface area contributed by atoms with Crippen molar-refractivity contribution >= 4 is 22.6 Å². The van der Waals surface area contributed by atoms with E-state index in [0.717, 1.165) is 44.1 Å². The Kier molecular flexibility index (Phi) is 4.48. The number of rotatable bonds is 4. The average Bonchev–Trinajstić information content (AvgIpc) is 2.86. The number of para-hydroxylation sites is 1. The molecule has 1 unspecified atom stereocenters. The van der Waals surface area contributed by atoms with Crippen LogP contribution >= 0.6 is 11.6 Å². The van der Waals surface area contributed by atoms with Crippen LogP contribution in [0.25, 0.3) is 11.0 Å². The SMILES string of the molecule is CCN1CCOC(Cn2c(CCl)nc3cccc(C)c32)C1. The van der Waals surface area contributed by atoms with Crippen LogP contribution in [-0.4, -0.2) is 46.8 Å². The normalized spacial score (nSPS) is 20.2. The van der Waals surface area contributed by atoms with Crippen molar-refractivity contribution < 1.29 is 4.74 Å². The van der Waals surface area contributed by atoms with Crippen molar-refractivity contribution in [1.82, 2.24) is 14.5 Å². The van der Waals surface area contributed by atoms with Crippen molar-refractivity contribution in [3.05, 3.63) is 29.6 Å². The van der Waals surface area contributed by atoms with Gasteiger partial charge in [0.25, 0.3) is 0 Å². The lowest BCUT2D eigenvalue weighted by molar-refractivity contribution is -0.0340. The Balaban J connectivity index is 1.92. The van der Waals surface area contributed by atoms with Crippen LogP contribution in [0.15, 0.2) is 18.2 Å². The number of imidazole rings is 1. The molecule has 0 spiro atoms. The highest BCUT2D eigenvalue weighted by Crippen LogP contribution is 2.22. The van der Waals surface area contributed by atoms with Gasteiger partial charge in [-0.1, -0.05) is 19.1 Å². The van der Waals surface area contributed by atoms with Crippen molar-refractivity contribution in [2.75, 3.05) is 26.2 Å². The molecule has 0 saturated carbocycles. The summed E-state index contributed by atoms with van der Waals surface area (Å²) in [5.41, 5.74) is 3.44. The first kappa shape index (κ1) is 14.8. The summed E-state index contributed by atoms with van der Waals surface area (Å²) in [4.78, 5) is 7.09. The third kappa shape index (κ3) is 2.93. The molecule has 5 heteroatoms. The summed E-state index contributed by atoms with van der Waals surface area (Å²) >= 11 is 6.09.